The molecule has 0 amide bonds. The third-order valence-electron chi connectivity index (χ3n) is 2.61. The normalized spacial score (nSPS) is 10.1. The highest BCUT2D eigenvalue weighted by Crippen LogP contribution is 2.11. The van der Waals surface area contributed by atoms with Crippen molar-refractivity contribution in [1.29, 1.82) is 0 Å². The molecular formula is C15H13O3. The van der Waals surface area contributed by atoms with E-state index in [1.54, 1.807) is 24.3 Å². The molecule has 0 unspecified atom stereocenters. The lowest BCUT2D eigenvalue weighted by Crippen LogP contribution is -2.08. The van der Waals surface area contributed by atoms with Crippen LogP contribution in [0.3, 0.4) is 0 Å². The lowest BCUT2D eigenvalue weighted by Gasteiger charge is -2.07. The van der Waals surface area contributed by atoms with Crippen molar-refractivity contribution in [3.63, 3.8) is 0 Å². The lowest BCUT2D eigenvalue weighted by molar-refractivity contribution is 0.0467. The van der Waals surface area contributed by atoms with Crippen LogP contribution in [0.1, 0.15) is 21.5 Å². The molecule has 0 saturated carbocycles. The van der Waals surface area contributed by atoms with E-state index in [9.17, 15) is 9.90 Å². The van der Waals surface area contributed by atoms with Crippen molar-refractivity contribution >= 4 is 5.97 Å². The zero-order valence-electron chi connectivity index (χ0n) is 9.84. The molecule has 0 fully saturated rings. The second-order valence-corrected chi connectivity index (χ2v) is 3.86. The molecule has 0 saturated heterocycles. The van der Waals surface area contributed by atoms with Gasteiger partial charge >= 0.3 is 5.97 Å². The Balaban J connectivity index is 2.04. The molecule has 1 radical (unpaired) electrons. The van der Waals surface area contributed by atoms with Gasteiger partial charge < -0.3 is 4.74 Å². The van der Waals surface area contributed by atoms with Gasteiger partial charge in [0.1, 0.15) is 13.2 Å². The zero-order chi connectivity index (χ0) is 12.8. The molecular weight excluding hydrogens is 228 g/mol. The maximum absolute atomic E-state index is 11.8. The van der Waals surface area contributed by atoms with Gasteiger partial charge in [0.15, 0.2) is 0 Å². The number of rotatable bonds is 4. The number of esters is 1. The summed E-state index contributed by atoms with van der Waals surface area (Å²) in [5.41, 5.74) is 1.74. The van der Waals surface area contributed by atoms with Crippen molar-refractivity contribution in [3.8, 4) is 0 Å². The summed E-state index contributed by atoms with van der Waals surface area (Å²) in [4.78, 5) is 11.8. The van der Waals surface area contributed by atoms with Crippen LogP contribution >= 0.6 is 0 Å². The van der Waals surface area contributed by atoms with Crippen LogP contribution in [0, 0.1) is 0 Å². The maximum Gasteiger partial charge on any atom is 0.338 e. The van der Waals surface area contributed by atoms with Crippen LogP contribution in [0.2, 0.25) is 0 Å². The quantitative estimate of drug-likeness (QED) is 0.772. The first kappa shape index (κ1) is 12.3. The second kappa shape index (κ2) is 5.98. The summed E-state index contributed by atoms with van der Waals surface area (Å²) in [6, 6.07) is 16.1. The van der Waals surface area contributed by atoms with E-state index >= 15 is 0 Å². The summed E-state index contributed by atoms with van der Waals surface area (Å²) < 4.78 is 5.18. The van der Waals surface area contributed by atoms with Crippen LogP contribution in [0.25, 0.3) is 0 Å². The number of hydrogen-bond donors (Lipinski definition) is 0. The lowest BCUT2D eigenvalue weighted by atomic mass is 10.1. The Morgan fingerprint density at radius 3 is 2.33 bits per heavy atom. The van der Waals surface area contributed by atoms with Crippen molar-refractivity contribution in [1.82, 2.24) is 0 Å². The molecule has 3 nitrogen and oxygen atoms in total. The summed E-state index contributed by atoms with van der Waals surface area (Å²) in [6.45, 7) is -0.205. The molecule has 0 heterocycles. The van der Waals surface area contributed by atoms with Crippen LogP contribution in [-0.2, 0) is 23.1 Å². The van der Waals surface area contributed by atoms with Gasteiger partial charge in [-0.25, -0.2) is 9.90 Å². The third-order valence-corrected chi connectivity index (χ3v) is 2.61. The van der Waals surface area contributed by atoms with Crippen LogP contribution < -0.4 is 0 Å². The Bertz CT molecular complexity index is 520. The monoisotopic (exact) mass is 241 g/mol. The fourth-order valence-electron chi connectivity index (χ4n) is 1.65. The summed E-state index contributed by atoms with van der Waals surface area (Å²) >= 11 is 0. The largest absolute Gasteiger partial charge is 0.457 e. The van der Waals surface area contributed by atoms with Gasteiger partial charge in [0, 0.05) is 0 Å². The number of ether oxygens (including phenoxy) is 1. The molecule has 0 aliphatic heterocycles. The molecule has 0 aliphatic carbocycles. The topological polar surface area (TPSA) is 46.2 Å². The summed E-state index contributed by atoms with van der Waals surface area (Å²) in [6.07, 6.45) is 0. The van der Waals surface area contributed by atoms with Crippen molar-refractivity contribution in [3.05, 3.63) is 71.3 Å². The minimum Gasteiger partial charge on any atom is -0.457 e. The van der Waals surface area contributed by atoms with Crippen molar-refractivity contribution in [2.24, 2.45) is 0 Å². The molecule has 0 aliphatic rings. The Morgan fingerprint density at radius 2 is 1.61 bits per heavy atom. The molecule has 0 atom stereocenters. The fourth-order valence-corrected chi connectivity index (χ4v) is 1.65. The number of benzene rings is 2. The second-order valence-electron chi connectivity index (χ2n) is 3.86. The first-order chi connectivity index (χ1) is 8.81. The Labute approximate surface area is 106 Å². The molecule has 0 spiro atoms. The molecule has 2 aromatic carbocycles. The highest BCUT2D eigenvalue weighted by molar-refractivity contribution is 5.91. The molecule has 0 bridgehead atoms. The average Bonchev–Trinajstić information content (AvgIpc) is 2.45. The SMILES string of the molecule is [O]Cc1ccccc1C(=O)OCc1ccccc1. The molecule has 0 aromatic heterocycles. The molecule has 2 aromatic rings. The molecule has 0 N–H and O–H groups in total. The highest BCUT2D eigenvalue weighted by Gasteiger charge is 2.11. The van der Waals surface area contributed by atoms with Crippen molar-refractivity contribution in [2.75, 3.05) is 0 Å². The van der Waals surface area contributed by atoms with Crippen LogP contribution in [0.4, 0.5) is 0 Å². The van der Waals surface area contributed by atoms with E-state index in [0.29, 0.717) is 11.1 Å². The maximum atomic E-state index is 11.8. The first-order valence-corrected chi connectivity index (χ1v) is 5.68. The van der Waals surface area contributed by atoms with Gasteiger partial charge in [-0.3, -0.25) is 0 Å². The molecule has 91 valence electrons. The van der Waals surface area contributed by atoms with E-state index in [0.717, 1.165) is 5.56 Å². The Morgan fingerprint density at radius 1 is 0.944 bits per heavy atom. The van der Waals surface area contributed by atoms with Gasteiger partial charge in [-0.05, 0) is 17.2 Å². The van der Waals surface area contributed by atoms with Gasteiger partial charge in [0.2, 0.25) is 0 Å². The number of hydrogen-bond acceptors (Lipinski definition) is 2. The standard InChI is InChI=1S/C15H13O3/c16-10-13-8-4-5-9-14(13)15(17)18-11-12-6-2-1-3-7-12/h1-9H,10-11H2. The third kappa shape index (κ3) is 2.96. The van der Waals surface area contributed by atoms with Crippen molar-refractivity contribution < 1.29 is 14.6 Å². The summed E-state index contributed by atoms with van der Waals surface area (Å²) in [7, 11) is 0. The van der Waals surface area contributed by atoms with E-state index < -0.39 is 12.6 Å². The van der Waals surface area contributed by atoms with Gasteiger partial charge in [0.25, 0.3) is 0 Å². The minimum atomic E-state index is -0.453. The number of carbonyl (C=O) groups is 1. The summed E-state index contributed by atoms with van der Waals surface area (Å²) in [5.74, 6) is -0.453. The zero-order valence-corrected chi connectivity index (χ0v) is 9.84. The van der Waals surface area contributed by atoms with Gasteiger partial charge in [-0.15, -0.1) is 0 Å². The van der Waals surface area contributed by atoms with Crippen LogP contribution in [0.15, 0.2) is 54.6 Å². The van der Waals surface area contributed by atoms with Crippen LogP contribution in [0.5, 0.6) is 0 Å². The molecule has 2 rings (SSSR count). The Kier molecular flexibility index (Phi) is 4.10. The van der Waals surface area contributed by atoms with Crippen LogP contribution in [-0.4, -0.2) is 5.97 Å². The summed E-state index contributed by atoms with van der Waals surface area (Å²) in [5, 5.41) is 10.9. The van der Waals surface area contributed by atoms with E-state index in [2.05, 4.69) is 0 Å². The van der Waals surface area contributed by atoms with E-state index in [1.165, 1.54) is 0 Å². The fraction of sp³-hybridized carbons (Fsp3) is 0.133. The smallest absolute Gasteiger partial charge is 0.338 e. The minimum absolute atomic E-state index is 0.215. The van der Waals surface area contributed by atoms with E-state index in [-0.39, 0.29) is 6.61 Å². The predicted octanol–water partition coefficient (Wildman–Crippen LogP) is 2.97. The Hall–Kier alpha value is -2.13. The van der Waals surface area contributed by atoms with E-state index in [1.807, 2.05) is 30.3 Å². The average molecular weight is 241 g/mol. The van der Waals surface area contributed by atoms with Gasteiger partial charge in [-0.2, -0.15) is 0 Å². The highest BCUT2D eigenvalue weighted by atomic mass is 16.5. The number of carbonyl (C=O) groups excluding carboxylic acids is 1. The predicted molar refractivity (Wildman–Crippen MR) is 66.4 cm³/mol. The van der Waals surface area contributed by atoms with Gasteiger partial charge in [-0.1, -0.05) is 48.5 Å². The van der Waals surface area contributed by atoms with Crippen molar-refractivity contribution in [2.45, 2.75) is 13.2 Å². The molecule has 18 heavy (non-hydrogen) atoms. The van der Waals surface area contributed by atoms with Gasteiger partial charge in [0.05, 0.1) is 5.56 Å². The molecule has 3 heteroatoms. The first-order valence-electron chi connectivity index (χ1n) is 5.68. The van der Waals surface area contributed by atoms with E-state index in [4.69, 9.17) is 4.74 Å².